The van der Waals surface area contributed by atoms with Crippen molar-refractivity contribution in [3.8, 4) is 0 Å². The summed E-state index contributed by atoms with van der Waals surface area (Å²) in [5, 5.41) is 11.0. The second kappa shape index (κ2) is 4.58. The van der Waals surface area contributed by atoms with Crippen molar-refractivity contribution in [2.24, 2.45) is 0 Å². The van der Waals surface area contributed by atoms with Crippen molar-refractivity contribution in [1.82, 2.24) is 10.2 Å². The molecule has 84 valence electrons. The van der Waals surface area contributed by atoms with Gasteiger partial charge in [0, 0.05) is 11.3 Å². The predicted octanol–water partition coefficient (Wildman–Crippen LogP) is 3.54. The summed E-state index contributed by atoms with van der Waals surface area (Å²) in [4.78, 5) is 0. The van der Waals surface area contributed by atoms with Crippen LogP contribution >= 0.6 is 11.6 Å². The highest BCUT2D eigenvalue weighted by Gasteiger charge is 2.10. The number of benzene rings is 1. The lowest BCUT2D eigenvalue weighted by molar-refractivity contribution is 0.874. The monoisotopic (exact) mass is 235 g/mol. The molecule has 0 bridgehead atoms. The molecule has 2 N–H and O–H groups in total. The smallest absolute Gasteiger partial charge is 0.0637 e. The normalized spacial score (nSPS) is 12.4. The number of rotatable bonds is 3. The van der Waals surface area contributed by atoms with Crippen molar-refractivity contribution in [3.05, 3.63) is 46.7 Å². The maximum absolute atomic E-state index is 6.08. The lowest BCUT2D eigenvalue weighted by atomic mass is 10.1. The molecule has 4 heteroatoms. The van der Waals surface area contributed by atoms with E-state index in [4.69, 9.17) is 11.6 Å². The Morgan fingerprint density at radius 1 is 1.38 bits per heavy atom. The Kier molecular flexibility index (Phi) is 3.15. The fourth-order valence-corrected chi connectivity index (χ4v) is 1.88. The van der Waals surface area contributed by atoms with Crippen LogP contribution in [0.15, 0.2) is 30.5 Å². The minimum absolute atomic E-state index is 0.179. The van der Waals surface area contributed by atoms with E-state index in [0.29, 0.717) is 0 Å². The van der Waals surface area contributed by atoms with Crippen LogP contribution in [0.25, 0.3) is 0 Å². The maximum Gasteiger partial charge on any atom is 0.0637 e. The number of H-pyrrole nitrogens is 1. The molecular formula is C12H14ClN3. The van der Waals surface area contributed by atoms with Crippen LogP contribution in [-0.4, -0.2) is 10.2 Å². The first-order valence-corrected chi connectivity index (χ1v) is 5.57. The van der Waals surface area contributed by atoms with E-state index in [-0.39, 0.29) is 6.04 Å². The first kappa shape index (κ1) is 11.0. The van der Waals surface area contributed by atoms with Gasteiger partial charge < -0.3 is 5.32 Å². The number of aryl methyl sites for hydroxylation is 1. The average Bonchev–Trinajstić information content (AvgIpc) is 2.68. The van der Waals surface area contributed by atoms with Crippen LogP contribution in [0.3, 0.4) is 0 Å². The Balaban J connectivity index is 2.17. The van der Waals surface area contributed by atoms with Crippen LogP contribution in [0.1, 0.15) is 24.2 Å². The van der Waals surface area contributed by atoms with Crippen LogP contribution in [0.2, 0.25) is 5.02 Å². The number of para-hydroxylation sites is 1. The number of hydrogen-bond donors (Lipinski definition) is 2. The third kappa shape index (κ3) is 2.19. The third-order valence-electron chi connectivity index (χ3n) is 2.58. The first-order valence-electron chi connectivity index (χ1n) is 5.19. The Morgan fingerprint density at radius 2 is 2.12 bits per heavy atom. The molecule has 16 heavy (non-hydrogen) atoms. The molecule has 1 aromatic heterocycles. The molecule has 0 aliphatic carbocycles. The highest BCUT2D eigenvalue weighted by atomic mass is 35.5. The molecule has 0 aliphatic heterocycles. The molecule has 0 radical (unpaired) electrons. The average molecular weight is 236 g/mol. The van der Waals surface area contributed by atoms with Crippen LogP contribution in [0.5, 0.6) is 0 Å². The van der Waals surface area contributed by atoms with Gasteiger partial charge in [-0.05, 0) is 26.0 Å². The Labute approximate surface area is 99.8 Å². The third-order valence-corrected chi connectivity index (χ3v) is 2.91. The molecule has 0 saturated carbocycles. The van der Waals surface area contributed by atoms with Gasteiger partial charge in [0.2, 0.25) is 0 Å². The Bertz CT molecular complexity index is 479. The fourth-order valence-electron chi connectivity index (χ4n) is 1.69. The molecule has 1 unspecified atom stereocenters. The van der Waals surface area contributed by atoms with Crippen LogP contribution < -0.4 is 5.32 Å². The summed E-state index contributed by atoms with van der Waals surface area (Å²) >= 11 is 6.08. The van der Waals surface area contributed by atoms with Gasteiger partial charge in [0.05, 0.1) is 22.9 Å². The van der Waals surface area contributed by atoms with Gasteiger partial charge >= 0.3 is 0 Å². The number of nitrogens with zero attached hydrogens (tertiary/aromatic N) is 1. The molecular weight excluding hydrogens is 222 g/mol. The van der Waals surface area contributed by atoms with Crippen molar-refractivity contribution in [1.29, 1.82) is 0 Å². The minimum Gasteiger partial charge on any atom is -0.377 e. The standard InChI is InChI=1S/C12H14ClN3/c1-8(10-7-14-16-9(10)2)15-12-6-4-3-5-11(12)13/h3-8,15H,1-2H3,(H,14,16). The highest BCUT2D eigenvalue weighted by Crippen LogP contribution is 2.26. The van der Waals surface area contributed by atoms with Crippen molar-refractivity contribution < 1.29 is 0 Å². The van der Waals surface area contributed by atoms with E-state index in [2.05, 4.69) is 22.4 Å². The van der Waals surface area contributed by atoms with E-state index in [9.17, 15) is 0 Å². The number of anilines is 1. The summed E-state index contributed by atoms with van der Waals surface area (Å²) in [6.45, 7) is 4.09. The maximum atomic E-state index is 6.08. The summed E-state index contributed by atoms with van der Waals surface area (Å²) in [5.41, 5.74) is 3.17. The summed E-state index contributed by atoms with van der Waals surface area (Å²) in [7, 11) is 0. The summed E-state index contributed by atoms with van der Waals surface area (Å²) in [6.07, 6.45) is 1.84. The SMILES string of the molecule is Cc1[nH]ncc1C(C)Nc1ccccc1Cl. The molecule has 1 atom stereocenters. The van der Waals surface area contributed by atoms with Gasteiger partial charge in [-0.3, -0.25) is 5.10 Å². The van der Waals surface area contributed by atoms with Crippen LogP contribution in [0.4, 0.5) is 5.69 Å². The van der Waals surface area contributed by atoms with E-state index >= 15 is 0 Å². The van der Waals surface area contributed by atoms with Gasteiger partial charge in [-0.25, -0.2) is 0 Å². The molecule has 1 heterocycles. The summed E-state index contributed by atoms with van der Waals surface area (Å²) < 4.78 is 0. The fraction of sp³-hybridized carbons (Fsp3) is 0.250. The molecule has 0 saturated heterocycles. The lowest BCUT2D eigenvalue weighted by Crippen LogP contribution is -2.07. The number of halogens is 1. The van der Waals surface area contributed by atoms with E-state index in [1.54, 1.807) is 0 Å². The summed E-state index contributed by atoms with van der Waals surface area (Å²) in [6, 6.07) is 7.90. The zero-order valence-electron chi connectivity index (χ0n) is 9.29. The van der Waals surface area contributed by atoms with Crippen molar-refractivity contribution >= 4 is 17.3 Å². The van der Waals surface area contributed by atoms with Crippen molar-refractivity contribution in [3.63, 3.8) is 0 Å². The largest absolute Gasteiger partial charge is 0.377 e. The Morgan fingerprint density at radius 3 is 2.75 bits per heavy atom. The van der Waals surface area contributed by atoms with Crippen molar-refractivity contribution in [2.75, 3.05) is 5.32 Å². The van der Waals surface area contributed by atoms with Gasteiger partial charge in [-0.2, -0.15) is 5.10 Å². The predicted molar refractivity (Wildman–Crippen MR) is 66.8 cm³/mol. The Hall–Kier alpha value is -1.48. The van der Waals surface area contributed by atoms with E-state index in [1.165, 1.54) is 0 Å². The number of aromatic nitrogens is 2. The van der Waals surface area contributed by atoms with E-state index in [0.717, 1.165) is 22.0 Å². The minimum atomic E-state index is 0.179. The second-order valence-corrected chi connectivity index (χ2v) is 4.20. The molecule has 0 fully saturated rings. The van der Waals surface area contributed by atoms with Gasteiger partial charge in [-0.1, -0.05) is 23.7 Å². The molecule has 1 aromatic carbocycles. The van der Waals surface area contributed by atoms with Gasteiger partial charge in [-0.15, -0.1) is 0 Å². The topological polar surface area (TPSA) is 40.7 Å². The number of nitrogens with one attached hydrogen (secondary N) is 2. The highest BCUT2D eigenvalue weighted by molar-refractivity contribution is 6.33. The molecule has 0 aliphatic rings. The van der Waals surface area contributed by atoms with E-state index < -0.39 is 0 Å². The van der Waals surface area contributed by atoms with Crippen LogP contribution in [-0.2, 0) is 0 Å². The first-order chi connectivity index (χ1) is 7.68. The zero-order chi connectivity index (χ0) is 11.5. The van der Waals surface area contributed by atoms with Gasteiger partial charge in [0.25, 0.3) is 0 Å². The molecule has 0 amide bonds. The molecule has 3 nitrogen and oxygen atoms in total. The van der Waals surface area contributed by atoms with Crippen molar-refractivity contribution in [2.45, 2.75) is 19.9 Å². The number of hydrogen-bond acceptors (Lipinski definition) is 2. The number of aromatic amines is 1. The quantitative estimate of drug-likeness (QED) is 0.854. The lowest BCUT2D eigenvalue weighted by Gasteiger charge is -2.15. The van der Waals surface area contributed by atoms with Crippen LogP contribution in [0, 0.1) is 6.92 Å². The summed E-state index contributed by atoms with van der Waals surface area (Å²) in [5.74, 6) is 0. The zero-order valence-corrected chi connectivity index (χ0v) is 10.0. The molecule has 0 spiro atoms. The molecule has 2 rings (SSSR count). The van der Waals surface area contributed by atoms with E-state index in [1.807, 2.05) is 37.4 Å². The van der Waals surface area contributed by atoms with Gasteiger partial charge in [0.15, 0.2) is 0 Å². The molecule has 2 aromatic rings. The second-order valence-electron chi connectivity index (χ2n) is 3.80. The van der Waals surface area contributed by atoms with Gasteiger partial charge in [0.1, 0.15) is 0 Å².